The lowest BCUT2D eigenvalue weighted by Gasteiger charge is -2.19. The van der Waals surface area contributed by atoms with Crippen LogP contribution in [0.15, 0.2) is 109 Å². The van der Waals surface area contributed by atoms with Crippen molar-refractivity contribution < 1.29 is 0 Å². The molecular formula is C32H27Cl2N3. The van der Waals surface area contributed by atoms with Gasteiger partial charge in [-0.25, -0.2) is 0 Å². The first-order valence-electron chi connectivity index (χ1n) is 12.3. The molecule has 184 valence electrons. The first-order chi connectivity index (χ1) is 18.1. The summed E-state index contributed by atoms with van der Waals surface area (Å²) in [6.45, 7) is 2.20. The van der Waals surface area contributed by atoms with Gasteiger partial charge in [0.2, 0.25) is 0 Å². The zero-order chi connectivity index (χ0) is 25.6. The molecule has 37 heavy (non-hydrogen) atoms. The maximum absolute atomic E-state index is 6.58. The Kier molecular flexibility index (Phi) is 7.84. The highest BCUT2D eigenvalue weighted by Gasteiger charge is 2.15. The topological polar surface area (TPSA) is 37.8 Å². The van der Waals surface area contributed by atoms with E-state index in [2.05, 4.69) is 59.7 Å². The number of aryl methyl sites for hydroxylation is 1. The summed E-state index contributed by atoms with van der Waals surface area (Å²) in [7, 11) is 0. The van der Waals surface area contributed by atoms with Crippen LogP contribution >= 0.6 is 23.2 Å². The Labute approximate surface area is 228 Å². The SMILES string of the molecule is CC(CCc1ccccc1)Nc1cc(-c2ccnc(-c3cccc(Cl)c3)c2)cnc1-c1ccccc1Cl. The highest BCUT2D eigenvalue weighted by Crippen LogP contribution is 2.35. The van der Waals surface area contributed by atoms with Crippen LogP contribution in [0.4, 0.5) is 5.69 Å². The molecule has 0 amide bonds. The van der Waals surface area contributed by atoms with E-state index in [0.717, 1.165) is 52.2 Å². The Morgan fingerprint density at radius 2 is 1.57 bits per heavy atom. The molecule has 0 aliphatic carbocycles. The van der Waals surface area contributed by atoms with Crippen molar-refractivity contribution in [2.24, 2.45) is 0 Å². The van der Waals surface area contributed by atoms with Gasteiger partial charge in [-0.3, -0.25) is 9.97 Å². The van der Waals surface area contributed by atoms with E-state index in [-0.39, 0.29) is 6.04 Å². The number of halogens is 2. The fourth-order valence-corrected chi connectivity index (χ4v) is 4.80. The van der Waals surface area contributed by atoms with Crippen molar-refractivity contribution >= 4 is 28.9 Å². The average Bonchev–Trinajstić information content (AvgIpc) is 2.93. The van der Waals surface area contributed by atoms with Crippen LogP contribution in [0.25, 0.3) is 33.6 Å². The molecule has 1 atom stereocenters. The highest BCUT2D eigenvalue weighted by atomic mass is 35.5. The number of nitrogens with one attached hydrogen (secondary N) is 1. The van der Waals surface area contributed by atoms with E-state index in [1.54, 1.807) is 0 Å². The molecule has 2 aromatic heterocycles. The summed E-state index contributed by atoms with van der Waals surface area (Å²) < 4.78 is 0. The zero-order valence-corrected chi connectivity index (χ0v) is 22.0. The molecule has 3 aromatic carbocycles. The Hall–Kier alpha value is -3.66. The van der Waals surface area contributed by atoms with E-state index in [1.807, 2.05) is 67.0 Å². The first kappa shape index (κ1) is 25.0. The molecule has 5 heteroatoms. The predicted octanol–water partition coefficient (Wildman–Crippen LogP) is 9.22. The van der Waals surface area contributed by atoms with Crippen molar-refractivity contribution in [3.8, 4) is 33.6 Å². The van der Waals surface area contributed by atoms with Crippen LogP contribution in [0.5, 0.6) is 0 Å². The number of pyridine rings is 2. The number of benzene rings is 3. The number of rotatable bonds is 8. The van der Waals surface area contributed by atoms with Crippen LogP contribution in [-0.4, -0.2) is 16.0 Å². The molecule has 0 spiro atoms. The number of nitrogens with zero attached hydrogens (tertiary/aromatic N) is 2. The van der Waals surface area contributed by atoms with Gasteiger partial charge in [0.1, 0.15) is 0 Å². The largest absolute Gasteiger partial charge is 0.381 e. The Bertz CT molecular complexity index is 1500. The zero-order valence-electron chi connectivity index (χ0n) is 20.5. The molecule has 5 rings (SSSR count). The van der Waals surface area contributed by atoms with Crippen molar-refractivity contribution in [3.63, 3.8) is 0 Å². The quantitative estimate of drug-likeness (QED) is 0.220. The maximum atomic E-state index is 6.58. The Morgan fingerprint density at radius 1 is 0.757 bits per heavy atom. The summed E-state index contributed by atoms with van der Waals surface area (Å²) in [6, 6.07) is 32.6. The van der Waals surface area contributed by atoms with Crippen molar-refractivity contribution in [3.05, 3.63) is 125 Å². The lowest BCUT2D eigenvalue weighted by atomic mass is 10.0. The van der Waals surface area contributed by atoms with Gasteiger partial charge in [-0.15, -0.1) is 0 Å². The Balaban J connectivity index is 1.48. The van der Waals surface area contributed by atoms with Crippen LogP contribution in [-0.2, 0) is 6.42 Å². The van der Waals surface area contributed by atoms with E-state index in [9.17, 15) is 0 Å². The summed E-state index contributed by atoms with van der Waals surface area (Å²) in [5.41, 5.74) is 7.89. The second-order valence-corrected chi connectivity index (χ2v) is 9.95. The van der Waals surface area contributed by atoms with Crippen molar-refractivity contribution in [1.82, 2.24) is 9.97 Å². The molecule has 1 unspecified atom stereocenters. The van der Waals surface area contributed by atoms with Gasteiger partial charge in [0, 0.05) is 40.1 Å². The summed E-state index contributed by atoms with van der Waals surface area (Å²) in [5, 5.41) is 5.08. The van der Waals surface area contributed by atoms with Gasteiger partial charge in [0.15, 0.2) is 0 Å². The molecule has 1 N–H and O–H groups in total. The molecular weight excluding hydrogens is 497 g/mol. The minimum atomic E-state index is 0.234. The average molecular weight is 524 g/mol. The fraction of sp³-hybridized carbons (Fsp3) is 0.125. The molecule has 0 aliphatic heterocycles. The minimum Gasteiger partial charge on any atom is -0.381 e. The maximum Gasteiger partial charge on any atom is 0.0948 e. The van der Waals surface area contributed by atoms with Crippen LogP contribution < -0.4 is 5.32 Å². The van der Waals surface area contributed by atoms with E-state index in [4.69, 9.17) is 28.2 Å². The molecule has 3 nitrogen and oxygen atoms in total. The normalized spacial score (nSPS) is 11.8. The molecule has 2 heterocycles. The molecule has 0 fully saturated rings. The van der Waals surface area contributed by atoms with Crippen molar-refractivity contribution in [2.45, 2.75) is 25.8 Å². The number of anilines is 1. The number of hydrogen-bond donors (Lipinski definition) is 1. The summed E-state index contributed by atoms with van der Waals surface area (Å²) in [5.74, 6) is 0. The third-order valence-corrected chi connectivity index (χ3v) is 6.91. The highest BCUT2D eigenvalue weighted by molar-refractivity contribution is 6.33. The van der Waals surface area contributed by atoms with Gasteiger partial charge < -0.3 is 5.32 Å². The van der Waals surface area contributed by atoms with Crippen LogP contribution in [0.3, 0.4) is 0 Å². The monoisotopic (exact) mass is 523 g/mol. The number of aromatic nitrogens is 2. The smallest absolute Gasteiger partial charge is 0.0948 e. The predicted molar refractivity (Wildman–Crippen MR) is 156 cm³/mol. The number of hydrogen-bond acceptors (Lipinski definition) is 3. The van der Waals surface area contributed by atoms with E-state index in [1.165, 1.54) is 5.56 Å². The summed E-state index contributed by atoms with van der Waals surface area (Å²) >= 11 is 12.8. The van der Waals surface area contributed by atoms with Gasteiger partial charge in [-0.05, 0) is 67.3 Å². The minimum absolute atomic E-state index is 0.234. The second kappa shape index (κ2) is 11.6. The molecule has 0 saturated heterocycles. The van der Waals surface area contributed by atoms with Gasteiger partial charge in [0.05, 0.1) is 22.1 Å². The van der Waals surface area contributed by atoms with E-state index in [0.29, 0.717) is 10.0 Å². The Morgan fingerprint density at radius 3 is 2.38 bits per heavy atom. The van der Waals surface area contributed by atoms with Crippen molar-refractivity contribution in [1.29, 1.82) is 0 Å². The summed E-state index contributed by atoms with van der Waals surface area (Å²) in [6.07, 6.45) is 5.71. The second-order valence-electron chi connectivity index (χ2n) is 9.11. The van der Waals surface area contributed by atoms with Gasteiger partial charge >= 0.3 is 0 Å². The molecule has 0 bridgehead atoms. The third-order valence-electron chi connectivity index (χ3n) is 6.34. The van der Waals surface area contributed by atoms with Gasteiger partial charge in [-0.2, -0.15) is 0 Å². The van der Waals surface area contributed by atoms with Gasteiger partial charge in [0.25, 0.3) is 0 Å². The van der Waals surface area contributed by atoms with Crippen molar-refractivity contribution in [2.75, 3.05) is 5.32 Å². The lowest BCUT2D eigenvalue weighted by molar-refractivity contribution is 0.706. The standard InChI is InChI=1S/C32H27Cl2N3/c1-22(14-15-23-8-3-2-4-9-23)37-31-20-26(21-36-32(31)28-12-5-6-13-29(28)34)24-16-17-35-30(19-24)25-10-7-11-27(33)18-25/h2-13,16-22,37H,14-15H2,1H3. The van der Waals surface area contributed by atoms with Crippen LogP contribution in [0.1, 0.15) is 18.9 Å². The lowest BCUT2D eigenvalue weighted by Crippen LogP contribution is -2.17. The molecule has 0 radical (unpaired) electrons. The molecule has 0 saturated carbocycles. The van der Waals surface area contributed by atoms with E-state index >= 15 is 0 Å². The molecule has 5 aromatic rings. The van der Waals surface area contributed by atoms with Crippen LogP contribution in [0.2, 0.25) is 10.0 Å². The molecule has 0 aliphatic rings. The van der Waals surface area contributed by atoms with Gasteiger partial charge in [-0.1, -0.05) is 83.9 Å². The fourth-order valence-electron chi connectivity index (χ4n) is 4.38. The van der Waals surface area contributed by atoms with Crippen LogP contribution in [0, 0.1) is 0 Å². The van der Waals surface area contributed by atoms with E-state index < -0.39 is 0 Å². The third kappa shape index (κ3) is 6.19. The first-order valence-corrected chi connectivity index (χ1v) is 13.1. The summed E-state index contributed by atoms with van der Waals surface area (Å²) in [4.78, 5) is 9.45.